The number of methoxy groups -OCH3 is 1. The van der Waals surface area contributed by atoms with Crippen LogP contribution in [0.5, 0.6) is 0 Å². The summed E-state index contributed by atoms with van der Waals surface area (Å²) in [5, 5.41) is 3.13. The number of nitrogens with zero attached hydrogens (tertiary/aromatic N) is 1. The first-order valence-corrected chi connectivity index (χ1v) is 6.11. The molecule has 1 heterocycles. The second-order valence-corrected chi connectivity index (χ2v) is 4.25. The van der Waals surface area contributed by atoms with Gasteiger partial charge in [0.05, 0.1) is 19.3 Å². The number of nitrogens with one attached hydrogen (secondary N) is 1. The van der Waals surface area contributed by atoms with E-state index in [2.05, 4.69) is 10.3 Å². The first kappa shape index (κ1) is 13.7. The van der Waals surface area contributed by atoms with E-state index in [1.807, 2.05) is 6.07 Å². The van der Waals surface area contributed by atoms with Gasteiger partial charge in [-0.25, -0.2) is 9.37 Å². The van der Waals surface area contributed by atoms with Gasteiger partial charge in [0.2, 0.25) is 5.89 Å². The molecule has 2 rings (SSSR count). The molecule has 5 heteroatoms. The first-order valence-electron chi connectivity index (χ1n) is 6.11. The van der Waals surface area contributed by atoms with Crippen molar-refractivity contribution in [1.29, 1.82) is 0 Å². The van der Waals surface area contributed by atoms with Gasteiger partial charge >= 0.3 is 0 Å². The maximum atomic E-state index is 13.5. The molecule has 0 aliphatic heterocycles. The highest BCUT2D eigenvalue weighted by molar-refractivity contribution is 5.56. The third kappa shape index (κ3) is 3.62. The monoisotopic (exact) mass is 264 g/mol. The predicted octanol–water partition coefficient (Wildman–Crippen LogP) is 2.53. The minimum atomic E-state index is -0.242. The smallest absolute Gasteiger partial charge is 0.208 e. The van der Waals surface area contributed by atoms with E-state index < -0.39 is 0 Å². The lowest BCUT2D eigenvalue weighted by atomic mass is 10.1. The molecule has 4 nitrogen and oxygen atoms in total. The van der Waals surface area contributed by atoms with Crippen LogP contribution in [0.1, 0.15) is 11.5 Å². The minimum Gasteiger partial charge on any atom is -0.439 e. The van der Waals surface area contributed by atoms with Crippen LogP contribution in [0, 0.1) is 12.7 Å². The molecule has 1 aromatic heterocycles. The number of aromatic nitrogens is 1. The SMILES string of the molecule is COCCNCc1ncc(-c2ccc(C)c(F)c2)o1. The molecule has 1 aromatic carbocycles. The van der Waals surface area contributed by atoms with Crippen molar-refractivity contribution in [2.45, 2.75) is 13.5 Å². The van der Waals surface area contributed by atoms with Gasteiger partial charge in [0.15, 0.2) is 5.76 Å². The molecule has 0 radical (unpaired) electrons. The van der Waals surface area contributed by atoms with E-state index in [4.69, 9.17) is 9.15 Å². The molecule has 102 valence electrons. The van der Waals surface area contributed by atoms with E-state index in [-0.39, 0.29) is 5.82 Å². The van der Waals surface area contributed by atoms with E-state index in [1.165, 1.54) is 6.07 Å². The van der Waals surface area contributed by atoms with Gasteiger partial charge in [-0.15, -0.1) is 0 Å². The van der Waals surface area contributed by atoms with E-state index in [9.17, 15) is 4.39 Å². The molecule has 0 aliphatic rings. The molecule has 19 heavy (non-hydrogen) atoms. The molecule has 0 spiro atoms. The molecular weight excluding hydrogens is 247 g/mol. The highest BCUT2D eigenvalue weighted by atomic mass is 19.1. The number of benzene rings is 1. The van der Waals surface area contributed by atoms with Gasteiger partial charge in [0.25, 0.3) is 0 Å². The van der Waals surface area contributed by atoms with Gasteiger partial charge in [0.1, 0.15) is 5.82 Å². The van der Waals surface area contributed by atoms with Crippen molar-refractivity contribution in [3.63, 3.8) is 0 Å². The molecule has 0 fully saturated rings. The van der Waals surface area contributed by atoms with Crippen molar-refractivity contribution in [2.24, 2.45) is 0 Å². The normalized spacial score (nSPS) is 10.9. The predicted molar refractivity (Wildman–Crippen MR) is 70.2 cm³/mol. The minimum absolute atomic E-state index is 0.242. The number of hydrogen-bond donors (Lipinski definition) is 1. The average molecular weight is 264 g/mol. The zero-order valence-electron chi connectivity index (χ0n) is 11.1. The Morgan fingerprint density at radius 3 is 3.00 bits per heavy atom. The van der Waals surface area contributed by atoms with Crippen LogP contribution >= 0.6 is 0 Å². The van der Waals surface area contributed by atoms with Crippen molar-refractivity contribution in [2.75, 3.05) is 20.3 Å². The Kier molecular flexibility index (Phi) is 4.65. The summed E-state index contributed by atoms with van der Waals surface area (Å²) in [6.45, 7) is 3.62. The van der Waals surface area contributed by atoms with Crippen LogP contribution in [-0.4, -0.2) is 25.2 Å². The number of ether oxygens (including phenoxy) is 1. The van der Waals surface area contributed by atoms with Crippen LogP contribution in [-0.2, 0) is 11.3 Å². The van der Waals surface area contributed by atoms with Crippen molar-refractivity contribution < 1.29 is 13.5 Å². The molecule has 0 amide bonds. The van der Waals surface area contributed by atoms with E-state index in [0.29, 0.717) is 35.9 Å². The fraction of sp³-hybridized carbons (Fsp3) is 0.357. The van der Waals surface area contributed by atoms with Gasteiger partial charge in [-0.2, -0.15) is 0 Å². The largest absolute Gasteiger partial charge is 0.439 e. The zero-order chi connectivity index (χ0) is 13.7. The molecule has 0 bridgehead atoms. The maximum absolute atomic E-state index is 13.5. The van der Waals surface area contributed by atoms with Crippen LogP contribution in [0.4, 0.5) is 4.39 Å². The van der Waals surface area contributed by atoms with Gasteiger partial charge in [-0.3, -0.25) is 0 Å². The van der Waals surface area contributed by atoms with E-state index in [1.54, 1.807) is 26.3 Å². The highest BCUT2D eigenvalue weighted by Crippen LogP contribution is 2.22. The zero-order valence-corrected chi connectivity index (χ0v) is 11.1. The van der Waals surface area contributed by atoms with Crippen molar-refractivity contribution in [3.8, 4) is 11.3 Å². The summed E-state index contributed by atoms with van der Waals surface area (Å²) in [5.41, 5.74) is 1.31. The number of hydrogen-bond acceptors (Lipinski definition) is 4. The topological polar surface area (TPSA) is 47.3 Å². The lowest BCUT2D eigenvalue weighted by Gasteiger charge is -2.01. The van der Waals surface area contributed by atoms with Gasteiger partial charge in [0, 0.05) is 19.2 Å². The Balaban J connectivity index is 2.01. The molecule has 0 saturated heterocycles. The quantitative estimate of drug-likeness (QED) is 0.814. The summed E-state index contributed by atoms with van der Waals surface area (Å²) in [6.07, 6.45) is 1.61. The maximum Gasteiger partial charge on any atom is 0.208 e. The molecule has 0 aliphatic carbocycles. The van der Waals surface area contributed by atoms with Crippen molar-refractivity contribution in [1.82, 2.24) is 10.3 Å². The fourth-order valence-electron chi connectivity index (χ4n) is 1.64. The van der Waals surface area contributed by atoms with Gasteiger partial charge < -0.3 is 14.5 Å². The number of oxazole rings is 1. The Labute approximate surface area is 111 Å². The number of aryl methyl sites for hydroxylation is 1. The Bertz CT molecular complexity index is 540. The Hall–Kier alpha value is -1.72. The standard InChI is InChI=1S/C14H17FN2O2/c1-10-3-4-11(7-12(10)15)13-8-17-14(19-13)9-16-5-6-18-2/h3-4,7-8,16H,5-6,9H2,1-2H3. The summed E-state index contributed by atoms with van der Waals surface area (Å²) >= 11 is 0. The summed E-state index contributed by atoms with van der Waals surface area (Å²) in [6, 6.07) is 5.00. The summed E-state index contributed by atoms with van der Waals surface area (Å²) in [7, 11) is 1.65. The Morgan fingerprint density at radius 2 is 2.26 bits per heavy atom. The van der Waals surface area contributed by atoms with Crippen LogP contribution in [0.15, 0.2) is 28.8 Å². The third-order valence-electron chi connectivity index (χ3n) is 2.77. The van der Waals surface area contributed by atoms with Crippen LogP contribution in [0.25, 0.3) is 11.3 Å². The molecule has 0 unspecified atom stereocenters. The van der Waals surface area contributed by atoms with Crippen molar-refractivity contribution >= 4 is 0 Å². The average Bonchev–Trinajstić information content (AvgIpc) is 2.87. The van der Waals surface area contributed by atoms with Crippen LogP contribution < -0.4 is 5.32 Å². The molecular formula is C14H17FN2O2. The molecule has 1 N–H and O–H groups in total. The van der Waals surface area contributed by atoms with E-state index >= 15 is 0 Å². The lowest BCUT2D eigenvalue weighted by molar-refractivity contribution is 0.198. The lowest BCUT2D eigenvalue weighted by Crippen LogP contribution is -2.18. The first-order chi connectivity index (χ1) is 9.20. The highest BCUT2D eigenvalue weighted by Gasteiger charge is 2.08. The van der Waals surface area contributed by atoms with Crippen molar-refractivity contribution in [3.05, 3.63) is 41.7 Å². The molecule has 0 atom stereocenters. The van der Waals surface area contributed by atoms with Gasteiger partial charge in [-0.05, 0) is 18.6 Å². The van der Waals surface area contributed by atoms with Crippen LogP contribution in [0.2, 0.25) is 0 Å². The number of halogens is 1. The molecule has 2 aromatic rings. The third-order valence-corrected chi connectivity index (χ3v) is 2.77. The second kappa shape index (κ2) is 6.45. The fourth-order valence-corrected chi connectivity index (χ4v) is 1.64. The van der Waals surface area contributed by atoms with Gasteiger partial charge in [-0.1, -0.05) is 12.1 Å². The molecule has 0 saturated carbocycles. The second-order valence-electron chi connectivity index (χ2n) is 4.25. The Morgan fingerprint density at radius 1 is 1.42 bits per heavy atom. The van der Waals surface area contributed by atoms with E-state index in [0.717, 1.165) is 6.54 Å². The summed E-state index contributed by atoms with van der Waals surface area (Å²) < 4.78 is 24.0. The number of rotatable bonds is 6. The summed E-state index contributed by atoms with van der Waals surface area (Å²) in [5.74, 6) is 0.906. The summed E-state index contributed by atoms with van der Waals surface area (Å²) in [4.78, 5) is 4.15. The van der Waals surface area contributed by atoms with Crippen LogP contribution in [0.3, 0.4) is 0 Å².